The first-order valence-electron chi connectivity index (χ1n) is 11.6. The first-order chi connectivity index (χ1) is 14.8. The monoisotopic (exact) mass is 433 g/mol. The maximum Gasteiger partial charge on any atom is 0.305 e. The van der Waals surface area contributed by atoms with Crippen molar-refractivity contribution in [2.45, 2.75) is 96.9 Å². The van der Waals surface area contributed by atoms with Crippen molar-refractivity contribution in [1.29, 1.82) is 0 Å². The van der Waals surface area contributed by atoms with Crippen molar-refractivity contribution >= 4 is 17.8 Å². The number of benzene rings is 1. The third-order valence-electron chi connectivity index (χ3n) is 5.73. The molecule has 174 valence electrons. The van der Waals surface area contributed by atoms with Crippen molar-refractivity contribution in [3.8, 4) is 0 Å². The molecule has 0 saturated heterocycles. The van der Waals surface area contributed by atoms with Crippen LogP contribution in [0, 0.1) is 5.92 Å². The average molecular weight is 434 g/mol. The van der Waals surface area contributed by atoms with Crippen LogP contribution in [0.3, 0.4) is 0 Å². The Labute approximate surface area is 186 Å². The zero-order valence-corrected chi connectivity index (χ0v) is 19.1. The predicted octanol–water partition coefficient (Wildman–Crippen LogP) is 4.98. The number of rotatable bonds is 17. The fraction of sp³-hybridized carbons (Fsp3) is 0.640. The van der Waals surface area contributed by atoms with Crippen LogP contribution in [0.4, 0.5) is 0 Å². The number of hydrogen-bond donors (Lipinski definition) is 3. The molecule has 0 bridgehead atoms. The molecule has 0 radical (unpaired) electrons. The van der Waals surface area contributed by atoms with E-state index in [2.05, 4.69) is 36.5 Å². The molecular formula is C25H39NO5. The Morgan fingerprint density at radius 1 is 0.839 bits per heavy atom. The topological polar surface area (TPSA) is 104 Å². The van der Waals surface area contributed by atoms with Gasteiger partial charge in [-0.3, -0.25) is 14.4 Å². The highest BCUT2D eigenvalue weighted by atomic mass is 16.4. The third-order valence-corrected chi connectivity index (χ3v) is 5.73. The summed E-state index contributed by atoms with van der Waals surface area (Å²) in [6.07, 6.45) is 10.2. The van der Waals surface area contributed by atoms with Gasteiger partial charge in [-0.1, -0.05) is 63.3 Å². The Morgan fingerprint density at radius 3 is 1.97 bits per heavy atom. The highest BCUT2D eigenvalue weighted by Gasteiger charge is 2.25. The van der Waals surface area contributed by atoms with Gasteiger partial charge < -0.3 is 15.5 Å². The van der Waals surface area contributed by atoms with Crippen LogP contribution >= 0.6 is 0 Å². The summed E-state index contributed by atoms with van der Waals surface area (Å²) in [4.78, 5) is 33.8. The van der Waals surface area contributed by atoms with Gasteiger partial charge in [0.2, 0.25) is 5.91 Å². The van der Waals surface area contributed by atoms with Crippen LogP contribution in [0.25, 0.3) is 0 Å². The molecule has 0 aliphatic rings. The molecule has 31 heavy (non-hydrogen) atoms. The molecule has 0 aliphatic carbocycles. The number of carboxylic acids is 2. The summed E-state index contributed by atoms with van der Waals surface area (Å²) in [5, 5.41) is 21.0. The smallest absolute Gasteiger partial charge is 0.305 e. The molecule has 0 saturated carbocycles. The minimum atomic E-state index is -1.00. The summed E-state index contributed by atoms with van der Waals surface area (Å²) >= 11 is 0. The first-order valence-corrected chi connectivity index (χ1v) is 11.6. The van der Waals surface area contributed by atoms with E-state index in [0.717, 1.165) is 18.4 Å². The summed E-state index contributed by atoms with van der Waals surface area (Å²) in [6.45, 7) is 3.58. The normalized spacial score (nSPS) is 12.8. The summed E-state index contributed by atoms with van der Waals surface area (Å²) in [5.74, 6) is -2.43. The van der Waals surface area contributed by atoms with Gasteiger partial charge in [0, 0.05) is 19.4 Å². The van der Waals surface area contributed by atoms with Gasteiger partial charge in [0.1, 0.15) is 0 Å². The van der Waals surface area contributed by atoms with Crippen molar-refractivity contribution < 1.29 is 24.6 Å². The molecule has 0 fully saturated rings. The molecule has 6 nitrogen and oxygen atoms in total. The van der Waals surface area contributed by atoms with Crippen LogP contribution in [0.15, 0.2) is 24.3 Å². The van der Waals surface area contributed by atoms with E-state index in [0.29, 0.717) is 12.8 Å². The number of aryl methyl sites for hydroxylation is 2. The van der Waals surface area contributed by atoms with Gasteiger partial charge in [0.05, 0.1) is 6.42 Å². The lowest BCUT2D eigenvalue weighted by Crippen LogP contribution is -2.41. The lowest BCUT2D eigenvalue weighted by molar-refractivity contribution is -0.138. The number of carbonyl (C=O) groups is 3. The number of carbonyl (C=O) groups excluding carboxylic acids is 1. The quantitative estimate of drug-likeness (QED) is 0.301. The molecule has 1 amide bonds. The predicted molar refractivity (Wildman–Crippen MR) is 122 cm³/mol. The highest BCUT2D eigenvalue weighted by Crippen LogP contribution is 2.22. The van der Waals surface area contributed by atoms with Crippen LogP contribution in [-0.2, 0) is 27.2 Å². The second-order valence-electron chi connectivity index (χ2n) is 8.47. The maximum atomic E-state index is 11.5. The van der Waals surface area contributed by atoms with Crippen molar-refractivity contribution in [3.05, 3.63) is 35.4 Å². The van der Waals surface area contributed by atoms with Crippen molar-refractivity contribution in [2.75, 3.05) is 0 Å². The highest BCUT2D eigenvalue weighted by molar-refractivity contribution is 5.75. The second kappa shape index (κ2) is 15.4. The Balaban J connectivity index is 2.62. The van der Waals surface area contributed by atoms with Crippen LogP contribution in [0.1, 0.15) is 89.2 Å². The van der Waals surface area contributed by atoms with Crippen LogP contribution < -0.4 is 5.32 Å². The Bertz CT molecular complexity index is 655. The van der Waals surface area contributed by atoms with Crippen LogP contribution in [-0.4, -0.2) is 34.1 Å². The average Bonchev–Trinajstić information content (AvgIpc) is 2.70. The number of aliphatic carboxylic acids is 2. The second-order valence-corrected chi connectivity index (χ2v) is 8.47. The molecule has 1 rings (SSSR count). The van der Waals surface area contributed by atoms with E-state index >= 15 is 0 Å². The Hall–Kier alpha value is -2.37. The molecule has 0 aromatic heterocycles. The van der Waals surface area contributed by atoms with Crippen LogP contribution in [0.2, 0.25) is 0 Å². The molecule has 1 aromatic carbocycles. The molecule has 3 N–H and O–H groups in total. The molecule has 0 aliphatic heterocycles. The number of carboxylic acid groups (broad SMARTS) is 2. The van der Waals surface area contributed by atoms with E-state index in [9.17, 15) is 19.5 Å². The lowest BCUT2D eigenvalue weighted by Gasteiger charge is -2.26. The van der Waals surface area contributed by atoms with E-state index in [-0.39, 0.29) is 24.7 Å². The number of unbranched alkanes of at least 4 members (excludes halogenated alkanes) is 5. The van der Waals surface area contributed by atoms with Gasteiger partial charge in [-0.15, -0.1) is 0 Å². The standard InChI is InChI=1S/C25H39NO5/c1-3-4-5-6-7-8-9-20-10-12-21(13-11-20)14-15-22(16-17-24(28)29)23(18-25(30)31)26-19(2)27/h10-13,22-23H,3-9,14-18H2,1-2H3,(H,26,27)(H,28,29)(H,30,31). The SMILES string of the molecule is CCCCCCCCc1ccc(CCC(CCC(=O)O)C(CC(=O)O)NC(C)=O)cc1. The van der Waals surface area contributed by atoms with Gasteiger partial charge in [-0.05, 0) is 49.1 Å². The zero-order valence-electron chi connectivity index (χ0n) is 19.1. The number of nitrogens with one attached hydrogen (secondary N) is 1. The van der Waals surface area contributed by atoms with Crippen molar-refractivity contribution in [3.63, 3.8) is 0 Å². The molecule has 6 heteroatoms. The number of amides is 1. The molecular weight excluding hydrogens is 394 g/mol. The van der Waals surface area contributed by atoms with Gasteiger partial charge in [0.25, 0.3) is 0 Å². The van der Waals surface area contributed by atoms with Gasteiger partial charge in [-0.2, -0.15) is 0 Å². The summed E-state index contributed by atoms with van der Waals surface area (Å²) < 4.78 is 0. The van der Waals surface area contributed by atoms with Gasteiger partial charge in [0.15, 0.2) is 0 Å². The van der Waals surface area contributed by atoms with E-state index < -0.39 is 18.0 Å². The molecule has 0 spiro atoms. The molecule has 1 aromatic rings. The molecule has 2 unspecified atom stereocenters. The van der Waals surface area contributed by atoms with Crippen LogP contribution in [0.5, 0.6) is 0 Å². The summed E-state index contributed by atoms with van der Waals surface area (Å²) in [7, 11) is 0. The van der Waals surface area contributed by atoms with Crippen molar-refractivity contribution in [2.24, 2.45) is 5.92 Å². The fourth-order valence-electron chi connectivity index (χ4n) is 3.97. The summed E-state index contributed by atoms with van der Waals surface area (Å²) in [6, 6.07) is 7.93. The van der Waals surface area contributed by atoms with E-state index in [1.165, 1.54) is 51.0 Å². The Kier molecular flexibility index (Phi) is 13.3. The van der Waals surface area contributed by atoms with Gasteiger partial charge in [-0.25, -0.2) is 0 Å². The lowest BCUT2D eigenvalue weighted by atomic mass is 9.86. The van der Waals surface area contributed by atoms with E-state index in [1.807, 2.05) is 0 Å². The largest absolute Gasteiger partial charge is 0.481 e. The maximum absolute atomic E-state index is 11.5. The number of hydrogen-bond acceptors (Lipinski definition) is 3. The minimum Gasteiger partial charge on any atom is -0.481 e. The van der Waals surface area contributed by atoms with E-state index in [4.69, 9.17) is 5.11 Å². The minimum absolute atomic E-state index is 0.0441. The Morgan fingerprint density at radius 2 is 1.42 bits per heavy atom. The fourth-order valence-corrected chi connectivity index (χ4v) is 3.97. The van der Waals surface area contributed by atoms with Crippen molar-refractivity contribution in [1.82, 2.24) is 5.32 Å². The van der Waals surface area contributed by atoms with Gasteiger partial charge >= 0.3 is 11.9 Å². The van der Waals surface area contributed by atoms with E-state index in [1.54, 1.807) is 0 Å². The third kappa shape index (κ3) is 12.8. The summed E-state index contributed by atoms with van der Waals surface area (Å²) in [5.41, 5.74) is 2.47. The molecule has 2 atom stereocenters. The first kappa shape index (κ1) is 26.7. The molecule has 0 heterocycles. The zero-order chi connectivity index (χ0) is 23.1.